The molecule has 4 nitrogen and oxygen atoms in total. The summed E-state index contributed by atoms with van der Waals surface area (Å²) < 4.78 is 5.66. The Morgan fingerprint density at radius 3 is 2.78 bits per heavy atom. The third-order valence-electron chi connectivity index (χ3n) is 2.69. The van der Waals surface area contributed by atoms with Gasteiger partial charge >= 0.3 is 0 Å². The molecule has 100 valence electrons. The molecule has 2 N–H and O–H groups in total. The van der Waals surface area contributed by atoms with Crippen molar-refractivity contribution < 1.29 is 9.53 Å². The highest BCUT2D eigenvalue weighted by molar-refractivity contribution is 5.75. The molecule has 1 amide bonds. The van der Waals surface area contributed by atoms with Crippen molar-refractivity contribution in [1.82, 2.24) is 4.90 Å². The van der Waals surface area contributed by atoms with Crippen LogP contribution in [0.4, 0.5) is 0 Å². The van der Waals surface area contributed by atoms with Gasteiger partial charge in [0.15, 0.2) is 0 Å². The smallest absolute Gasteiger partial charge is 0.231 e. The van der Waals surface area contributed by atoms with Crippen LogP contribution in [0, 0.1) is 0 Å². The van der Waals surface area contributed by atoms with Crippen LogP contribution in [0.3, 0.4) is 0 Å². The molecule has 0 aliphatic carbocycles. The third kappa shape index (κ3) is 5.19. The van der Waals surface area contributed by atoms with E-state index in [-0.39, 0.29) is 12.5 Å². The summed E-state index contributed by atoms with van der Waals surface area (Å²) in [6.45, 7) is 5.79. The maximum absolute atomic E-state index is 10.7. The molecule has 4 heteroatoms. The number of carbonyl (C=O) groups is 1. The molecule has 0 bridgehead atoms. The second-order valence-corrected chi connectivity index (χ2v) is 4.78. The summed E-state index contributed by atoms with van der Waals surface area (Å²) in [5.41, 5.74) is 6.37. The zero-order valence-electron chi connectivity index (χ0n) is 11.3. The van der Waals surface area contributed by atoms with E-state index in [4.69, 9.17) is 10.5 Å². The number of likely N-dealkylation sites (N-methyl/N-ethyl adjacent to an activating group) is 1. The Balaban J connectivity index is 2.39. The van der Waals surface area contributed by atoms with Gasteiger partial charge in [0.05, 0.1) is 6.54 Å². The first-order chi connectivity index (χ1) is 8.49. The summed E-state index contributed by atoms with van der Waals surface area (Å²) in [5.74, 6) is 1.04. The van der Waals surface area contributed by atoms with E-state index in [2.05, 4.69) is 26.0 Å². The molecule has 0 aliphatic rings. The molecule has 1 aromatic carbocycles. The number of hydrogen-bond acceptors (Lipinski definition) is 3. The molecule has 0 aromatic heterocycles. The normalized spacial score (nSPS) is 10.9. The molecule has 0 fully saturated rings. The molecule has 0 radical (unpaired) electrons. The topological polar surface area (TPSA) is 55.6 Å². The number of nitrogens with two attached hydrogens (primary N) is 1. The molecule has 0 saturated carbocycles. The van der Waals surface area contributed by atoms with E-state index >= 15 is 0 Å². The van der Waals surface area contributed by atoms with Crippen LogP contribution in [0.5, 0.6) is 5.75 Å². The van der Waals surface area contributed by atoms with E-state index in [0.717, 1.165) is 5.75 Å². The first-order valence-electron chi connectivity index (χ1n) is 6.18. The number of nitrogens with zero attached hydrogens (tertiary/aromatic N) is 1. The lowest BCUT2D eigenvalue weighted by Crippen LogP contribution is -2.33. The van der Waals surface area contributed by atoms with Crippen LogP contribution in [0.25, 0.3) is 0 Å². The van der Waals surface area contributed by atoms with Crippen molar-refractivity contribution in [3.05, 3.63) is 29.8 Å². The van der Waals surface area contributed by atoms with E-state index in [9.17, 15) is 4.79 Å². The van der Waals surface area contributed by atoms with Crippen LogP contribution in [0.2, 0.25) is 0 Å². The van der Waals surface area contributed by atoms with Crippen molar-refractivity contribution in [2.24, 2.45) is 5.73 Å². The van der Waals surface area contributed by atoms with Gasteiger partial charge in [-0.25, -0.2) is 0 Å². The lowest BCUT2D eigenvalue weighted by atomic mass is 10.0. The minimum atomic E-state index is -0.320. The Hall–Kier alpha value is -1.55. The van der Waals surface area contributed by atoms with Crippen LogP contribution in [-0.2, 0) is 4.79 Å². The van der Waals surface area contributed by atoms with Crippen LogP contribution < -0.4 is 10.5 Å². The average Bonchev–Trinajstić information content (AvgIpc) is 2.28. The molecule has 0 saturated heterocycles. The first kappa shape index (κ1) is 14.5. The number of benzene rings is 1. The SMILES string of the molecule is CC(C)c1cccc(OCCN(C)CC(N)=O)c1. The van der Waals surface area contributed by atoms with E-state index in [1.54, 1.807) is 0 Å². The molecular formula is C14H22N2O2. The molecule has 0 aliphatic heterocycles. The van der Waals surface area contributed by atoms with Gasteiger partial charge in [-0.1, -0.05) is 26.0 Å². The highest BCUT2D eigenvalue weighted by atomic mass is 16.5. The van der Waals surface area contributed by atoms with Crippen molar-refractivity contribution in [2.75, 3.05) is 26.7 Å². The van der Waals surface area contributed by atoms with Crippen molar-refractivity contribution in [1.29, 1.82) is 0 Å². The van der Waals surface area contributed by atoms with Gasteiger partial charge in [-0.2, -0.15) is 0 Å². The molecular weight excluding hydrogens is 228 g/mol. The van der Waals surface area contributed by atoms with Crippen molar-refractivity contribution in [2.45, 2.75) is 19.8 Å². The van der Waals surface area contributed by atoms with Gasteiger partial charge in [0.1, 0.15) is 12.4 Å². The third-order valence-corrected chi connectivity index (χ3v) is 2.69. The maximum Gasteiger partial charge on any atom is 0.231 e. The highest BCUT2D eigenvalue weighted by Crippen LogP contribution is 2.19. The number of hydrogen-bond donors (Lipinski definition) is 1. The zero-order valence-corrected chi connectivity index (χ0v) is 11.3. The zero-order chi connectivity index (χ0) is 13.5. The van der Waals surface area contributed by atoms with E-state index < -0.39 is 0 Å². The van der Waals surface area contributed by atoms with Gasteiger partial charge in [0, 0.05) is 6.54 Å². The molecule has 1 aromatic rings. The largest absolute Gasteiger partial charge is 0.492 e. The molecule has 0 spiro atoms. The maximum atomic E-state index is 10.7. The average molecular weight is 250 g/mol. The number of primary amides is 1. The minimum Gasteiger partial charge on any atom is -0.492 e. The quantitative estimate of drug-likeness (QED) is 0.800. The standard InChI is InChI=1S/C14H22N2O2/c1-11(2)12-5-4-6-13(9-12)18-8-7-16(3)10-14(15)17/h4-6,9,11H,7-8,10H2,1-3H3,(H2,15,17). The number of rotatable bonds is 7. The molecule has 1 rings (SSSR count). The van der Waals surface area contributed by atoms with E-state index in [1.165, 1.54) is 5.56 Å². The van der Waals surface area contributed by atoms with Crippen LogP contribution >= 0.6 is 0 Å². The predicted molar refractivity (Wildman–Crippen MR) is 72.7 cm³/mol. The Morgan fingerprint density at radius 2 is 2.17 bits per heavy atom. The van der Waals surface area contributed by atoms with Gasteiger partial charge in [0.2, 0.25) is 5.91 Å². The number of amides is 1. The summed E-state index contributed by atoms with van der Waals surface area (Å²) in [4.78, 5) is 12.5. The molecule has 0 heterocycles. The van der Waals surface area contributed by atoms with Gasteiger partial charge in [-0.15, -0.1) is 0 Å². The lowest BCUT2D eigenvalue weighted by Gasteiger charge is -2.15. The monoisotopic (exact) mass is 250 g/mol. The Bertz CT molecular complexity index is 391. The lowest BCUT2D eigenvalue weighted by molar-refractivity contribution is -0.118. The fourth-order valence-electron chi connectivity index (χ4n) is 1.63. The fourth-order valence-corrected chi connectivity index (χ4v) is 1.63. The summed E-state index contributed by atoms with van der Waals surface area (Å²) in [7, 11) is 1.85. The van der Waals surface area contributed by atoms with Crippen molar-refractivity contribution in [3.8, 4) is 5.75 Å². The first-order valence-corrected chi connectivity index (χ1v) is 6.18. The summed E-state index contributed by atoms with van der Waals surface area (Å²) >= 11 is 0. The van der Waals surface area contributed by atoms with Crippen molar-refractivity contribution in [3.63, 3.8) is 0 Å². The second-order valence-electron chi connectivity index (χ2n) is 4.78. The van der Waals surface area contributed by atoms with E-state index in [1.807, 2.05) is 24.1 Å². The predicted octanol–water partition coefficient (Wildman–Crippen LogP) is 1.61. The van der Waals surface area contributed by atoms with Gasteiger partial charge in [-0.05, 0) is 30.7 Å². The molecule has 0 atom stereocenters. The second kappa shape index (κ2) is 7.01. The van der Waals surface area contributed by atoms with E-state index in [0.29, 0.717) is 19.1 Å². The van der Waals surface area contributed by atoms with Gasteiger partial charge in [-0.3, -0.25) is 9.69 Å². The number of ether oxygens (including phenoxy) is 1. The summed E-state index contributed by atoms with van der Waals surface area (Å²) in [6.07, 6.45) is 0. The summed E-state index contributed by atoms with van der Waals surface area (Å²) in [6, 6.07) is 8.09. The fraction of sp³-hybridized carbons (Fsp3) is 0.500. The Morgan fingerprint density at radius 1 is 1.44 bits per heavy atom. The van der Waals surface area contributed by atoms with Gasteiger partial charge < -0.3 is 10.5 Å². The molecule has 0 unspecified atom stereocenters. The summed E-state index contributed by atoms with van der Waals surface area (Å²) in [5, 5.41) is 0. The van der Waals surface area contributed by atoms with Crippen LogP contribution in [0.1, 0.15) is 25.3 Å². The van der Waals surface area contributed by atoms with Crippen LogP contribution in [-0.4, -0.2) is 37.6 Å². The Labute approximate surface area is 109 Å². The Kier molecular flexibility index (Phi) is 5.65. The van der Waals surface area contributed by atoms with Gasteiger partial charge in [0.25, 0.3) is 0 Å². The van der Waals surface area contributed by atoms with Crippen molar-refractivity contribution >= 4 is 5.91 Å². The number of carbonyl (C=O) groups excluding carboxylic acids is 1. The minimum absolute atomic E-state index is 0.259. The van der Waals surface area contributed by atoms with Crippen LogP contribution in [0.15, 0.2) is 24.3 Å². The highest BCUT2D eigenvalue weighted by Gasteiger charge is 2.04. The molecule has 18 heavy (non-hydrogen) atoms.